The van der Waals surface area contributed by atoms with Gasteiger partial charge < -0.3 is 14.3 Å². The number of hydrogen-bond donors (Lipinski definition) is 1. The molecular formula is C12H12BrFN2OS. The predicted molar refractivity (Wildman–Crippen MR) is 73.9 cm³/mol. The van der Waals surface area contributed by atoms with Crippen molar-refractivity contribution in [2.75, 3.05) is 13.2 Å². The second-order valence-electron chi connectivity index (χ2n) is 4.85. The summed E-state index contributed by atoms with van der Waals surface area (Å²) in [5.74, 6) is -0.293. The minimum atomic E-state index is -0.293. The van der Waals surface area contributed by atoms with Crippen molar-refractivity contribution in [3.8, 4) is 0 Å². The molecule has 0 radical (unpaired) electrons. The summed E-state index contributed by atoms with van der Waals surface area (Å²) in [6.45, 7) is 3.47. The van der Waals surface area contributed by atoms with Crippen LogP contribution >= 0.6 is 28.1 Å². The molecule has 0 aliphatic carbocycles. The summed E-state index contributed by atoms with van der Waals surface area (Å²) in [6, 6.07) is 3.23. The van der Waals surface area contributed by atoms with Gasteiger partial charge in [0.2, 0.25) is 0 Å². The van der Waals surface area contributed by atoms with Gasteiger partial charge in [-0.05, 0) is 47.6 Å². The zero-order valence-corrected chi connectivity index (χ0v) is 12.2. The van der Waals surface area contributed by atoms with Gasteiger partial charge in [-0.1, -0.05) is 0 Å². The van der Waals surface area contributed by atoms with Crippen molar-refractivity contribution < 1.29 is 9.13 Å². The zero-order valence-electron chi connectivity index (χ0n) is 9.80. The number of H-pyrrole nitrogens is 1. The molecule has 2 heterocycles. The van der Waals surface area contributed by atoms with Crippen molar-refractivity contribution in [2.24, 2.45) is 0 Å². The van der Waals surface area contributed by atoms with E-state index in [-0.39, 0.29) is 11.4 Å². The van der Waals surface area contributed by atoms with Crippen molar-refractivity contribution in [1.82, 2.24) is 9.55 Å². The lowest BCUT2D eigenvalue weighted by Crippen LogP contribution is -2.30. The highest BCUT2D eigenvalue weighted by atomic mass is 79.9. The summed E-state index contributed by atoms with van der Waals surface area (Å²) < 4.78 is 22.1. The standard InChI is InChI=1S/C12H12BrFN2OS/c1-12(2-3-17-6-12)16-10-4-7(13)8(14)5-9(10)15-11(16)18/h4-5H,2-3,6H2,1H3,(H,15,18). The topological polar surface area (TPSA) is 29.9 Å². The van der Waals surface area contributed by atoms with Gasteiger partial charge in [0.15, 0.2) is 4.77 Å². The number of aromatic amines is 1. The highest BCUT2D eigenvalue weighted by molar-refractivity contribution is 9.10. The molecule has 3 nitrogen and oxygen atoms in total. The minimum Gasteiger partial charge on any atom is -0.379 e. The van der Waals surface area contributed by atoms with Gasteiger partial charge in [-0.15, -0.1) is 0 Å². The van der Waals surface area contributed by atoms with Crippen LogP contribution in [0, 0.1) is 10.6 Å². The average Bonchev–Trinajstić information content (AvgIpc) is 2.84. The number of aromatic nitrogens is 2. The van der Waals surface area contributed by atoms with Gasteiger partial charge in [-0.3, -0.25) is 0 Å². The molecule has 1 aliphatic heterocycles. The first kappa shape index (κ1) is 12.3. The molecule has 1 saturated heterocycles. The van der Waals surface area contributed by atoms with Crippen LogP contribution in [0.2, 0.25) is 0 Å². The molecule has 96 valence electrons. The maximum absolute atomic E-state index is 13.5. The number of ether oxygens (including phenoxy) is 1. The second kappa shape index (κ2) is 4.15. The highest BCUT2D eigenvalue weighted by Crippen LogP contribution is 2.32. The van der Waals surface area contributed by atoms with Gasteiger partial charge in [-0.25, -0.2) is 4.39 Å². The van der Waals surface area contributed by atoms with E-state index in [9.17, 15) is 4.39 Å². The summed E-state index contributed by atoms with van der Waals surface area (Å²) in [7, 11) is 0. The molecule has 1 unspecified atom stereocenters. The van der Waals surface area contributed by atoms with E-state index in [0.717, 1.165) is 18.5 Å². The van der Waals surface area contributed by atoms with E-state index in [0.29, 0.717) is 21.4 Å². The predicted octanol–water partition coefficient (Wildman–Crippen LogP) is 3.74. The van der Waals surface area contributed by atoms with Crippen molar-refractivity contribution in [2.45, 2.75) is 18.9 Å². The Kier molecular flexibility index (Phi) is 2.84. The lowest BCUT2D eigenvalue weighted by Gasteiger charge is -2.24. The number of nitrogens with one attached hydrogen (secondary N) is 1. The summed E-state index contributed by atoms with van der Waals surface area (Å²) >= 11 is 8.58. The van der Waals surface area contributed by atoms with E-state index in [4.69, 9.17) is 17.0 Å². The van der Waals surface area contributed by atoms with E-state index < -0.39 is 0 Å². The van der Waals surface area contributed by atoms with E-state index in [2.05, 4.69) is 27.8 Å². The molecular weight excluding hydrogens is 319 g/mol. The number of nitrogens with zero attached hydrogens (tertiary/aromatic N) is 1. The van der Waals surface area contributed by atoms with Gasteiger partial charge in [0, 0.05) is 12.7 Å². The zero-order chi connectivity index (χ0) is 12.9. The van der Waals surface area contributed by atoms with E-state index in [1.165, 1.54) is 6.07 Å². The van der Waals surface area contributed by atoms with Crippen molar-refractivity contribution in [3.63, 3.8) is 0 Å². The summed E-state index contributed by atoms with van der Waals surface area (Å²) in [4.78, 5) is 3.06. The Morgan fingerprint density at radius 2 is 2.33 bits per heavy atom. The maximum atomic E-state index is 13.5. The number of imidazole rings is 1. The molecule has 3 rings (SSSR count). The van der Waals surface area contributed by atoms with Crippen LogP contribution in [0.3, 0.4) is 0 Å². The van der Waals surface area contributed by atoms with Gasteiger partial charge >= 0.3 is 0 Å². The van der Waals surface area contributed by atoms with Crippen LogP contribution in [0.25, 0.3) is 11.0 Å². The second-order valence-corrected chi connectivity index (χ2v) is 6.09. The Labute approximate surface area is 117 Å². The van der Waals surface area contributed by atoms with Crippen LogP contribution in [0.4, 0.5) is 4.39 Å². The van der Waals surface area contributed by atoms with Gasteiger partial charge in [-0.2, -0.15) is 0 Å². The van der Waals surface area contributed by atoms with Crippen molar-refractivity contribution in [1.29, 1.82) is 0 Å². The Hall–Kier alpha value is -0.720. The van der Waals surface area contributed by atoms with Crippen LogP contribution in [0.5, 0.6) is 0 Å². The monoisotopic (exact) mass is 330 g/mol. The first-order valence-corrected chi connectivity index (χ1v) is 6.89. The van der Waals surface area contributed by atoms with Crippen molar-refractivity contribution >= 4 is 39.2 Å². The normalized spacial score (nSPS) is 23.9. The number of halogens is 2. The third-order valence-electron chi connectivity index (χ3n) is 3.46. The minimum absolute atomic E-state index is 0.160. The lowest BCUT2D eigenvalue weighted by atomic mass is 10.0. The fraction of sp³-hybridized carbons (Fsp3) is 0.417. The van der Waals surface area contributed by atoms with E-state index in [1.54, 1.807) is 6.07 Å². The van der Waals surface area contributed by atoms with Gasteiger partial charge in [0.1, 0.15) is 5.82 Å². The lowest BCUT2D eigenvalue weighted by molar-refractivity contribution is 0.162. The Morgan fingerprint density at radius 1 is 1.56 bits per heavy atom. The molecule has 1 N–H and O–H groups in total. The fourth-order valence-corrected chi connectivity index (χ4v) is 3.23. The van der Waals surface area contributed by atoms with Crippen LogP contribution < -0.4 is 0 Å². The first-order valence-electron chi connectivity index (χ1n) is 5.69. The molecule has 1 fully saturated rings. The SMILES string of the molecule is CC1(n2c(=S)[nH]c3cc(F)c(Br)cc32)CCOC1. The molecule has 18 heavy (non-hydrogen) atoms. The smallest absolute Gasteiger partial charge is 0.178 e. The van der Waals surface area contributed by atoms with Crippen LogP contribution in [-0.4, -0.2) is 22.8 Å². The molecule has 2 aromatic rings. The van der Waals surface area contributed by atoms with Crippen LogP contribution in [-0.2, 0) is 10.3 Å². The van der Waals surface area contributed by atoms with E-state index in [1.807, 2.05) is 4.57 Å². The molecule has 1 aromatic heterocycles. The third-order valence-corrected chi connectivity index (χ3v) is 4.35. The molecule has 0 saturated carbocycles. The Balaban J connectivity index is 2.32. The van der Waals surface area contributed by atoms with Gasteiger partial charge in [0.05, 0.1) is 27.7 Å². The van der Waals surface area contributed by atoms with Crippen molar-refractivity contribution in [3.05, 3.63) is 27.2 Å². The number of hydrogen-bond acceptors (Lipinski definition) is 2. The number of fused-ring (bicyclic) bond motifs is 1. The quantitative estimate of drug-likeness (QED) is 0.807. The number of benzene rings is 1. The largest absolute Gasteiger partial charge is 0.379 e. The summed E-state index contributed by atoms with van der Waals surface area (Å²) in [6.07, 6.45) is 0.906. The Bertz CT molecular complexity index is 673. The molecule has 1 atom stereocenters. The Morgan fingerprint density at radius 3 is 3.00 bits per heavy atom. The highest BCUT2D eigenvalue weighted by Gasteiger charge is 2.33. The molecule has 0 bridgehead atoms. The first-order chi connectivity index (χ1) is 8.51. The van der Waals surface area contributed by atoms with Gasteiger partial charge in [0.25, 0.3) is 0 Å². The number of rotatable bonds is 1. The fourth-order valence-electron chi connectivity index (χ4n) is 2.47. The maximum Gasteiger partial charge on any atom is 0.178 e. The summed E-state index contributed by atoms with van der Waals surface area (Å²) in [5.41, 5.74) is 1.46. The van der Waals surface area contributed by atoms with Crippen LogP contribution in [0.15, 0.2) is 16.6 Å². The van der Waals surface area contributed by atoms with E-state index >= 15 is 0 Å². The molecule has 1 aliphatic rings. The molecule has 6 heteroatoms. The molecule has 1 aromatic carbocycles. The van der Waals surface area contributed by atoms with Crippen LogP contribution in [0.1, 0.15) is 13.3 Å². The third kappa shape index (κ3) is 1.74. The summed E-state index contributed by atoms with van der Waals surface area (Å²) in [5, 5.41) is 0. The average molecular weight is 331 g/mol. The molecule has 0 amide bonds. The molecule has 0 spiro atoms.